The molecule has 1 atom stereocenters. The number of hydrogen-bond acceptors (Lipinski definition) is 4. The molecule has 1 N–H and O–H groups in total. The summed E-state index contributed by atoms with van der Waals surface area (Å²) in [4.78, 5) is 33.3. The molecule has 0 aromatic carbocycles. The average molecular weight is 265 g/mol. The average Bonchev–Trinajstić information content (AvgIpc) is 3.15. The molecule has 0 aliphatic heterocycles. The molecule has 0 radical (unpaired) electrons. The largest absolute Gasteiger partial charge is 0.352 e. The first kappa shape index (κ1) is 13.3. The van der Waals surface area contributed by atoms with Crippen molar-refractivity contribution in [1.29, 1.82) is 0 Å². The summed E-state index contributed by atoms with van der Waals surface area (Å²) < 4.78 is 1.05. The zero-order valence-corrected chi connectivity index (χ0v) is 10.5. The van der Waals surface area contributed by atoms with Gasteiger partial charge in [0.25, 0.3) is 11.2 Å². The quantitative estimate of drug-likeness (QED) is 0.625. The van der Waals surface area contributed by atoms with Crippen LogP contribution in [0.3, 0.4) is 0 Å². The van der Waals surface area contributed by atoms with E-state index in [0.717, 1.165) is 35.7 Å². The van der Waals surface area contributed by atoms with Crippen LogP contribution in [0.5, 0.6) is 0 Å². The lowest BCUT2D eigenvalue weighted by atomic mass is 10.2. The van der Waals surface area contributed by atoms with Crippen LogP contribution in [0.15, 0.2) is 23.1 Å². The second-order valence-electron chi connectivity index (χ2n) is 4.80. The van der Waals surface area contributed by atoms with Gasteiger partial charge in [0.05, 0.1) is 11.1 Å². The number of rotatable bonds is 5. The Bertz CT molecular complexity index is 562. The van der Waals surface area contributed by atoms with Crippen LogP contribution in [0.4, 0.5) is 5.69 Å². The van der Waals surface area contributed by atoms with Crippen LogP contribution < -0.4 is 10.9 Å². The highest BCUT2D eigenvalue weighted by Crippen LogP contribution is 2.32. The molecule has 0 unspecified atom stereocenters. The summed E-state index contributed by atoms with van der Waals surface area (Å²) >= 11 is 0. The summed E-state index contributed by atoms with van der Waals surface area (Å²) in [6.07, 6.45) is 3.31. The highest BCUT2D eigenvalue weighted by molar-refractivity contribution is 5.76. The van der Waals surface area contributed by atoms with E-state index < -0.39 is 10.5 Å². The summed E-state index contributed by atoms with van der Waals surface area (Å²) in [7, 11) is 0. The predicted molar refractivity (Wildman–Crippen MR) is 67.7 cm³/mol. The lowest BCUT2D eigenvalue weighted by Gasteiger charge is -2.13. The molecule has 1 amide bonds. The SMILES string of the molecule is C[C@@H](NC(=O)Cn1cc([N+](=O)[O-])ccc1=O)C1CC1. The van der Waals surface area contributed by atoms with Gasteiger partial charge in [-0.1, -0.05) is 0 Å². The molecule has 1 aliphatic carbocycles. The lowest BCUT2D eigenvalue weighted by molar-refractivity contribution is -0.385. The van der Waals surface area contributed by atoms with Crippen molar-refractivity contribution in [3.63, 3.8) is 0 Å². The number of pyridine rings is 1. The molecular formula is C12H15N3O4. The van der Waals surface area contributed by atoms with E-state index >= 15 is 0 Å². The molecule has 1 saturated carbocycles. The van der Waals surface area contributed by atoms with Gasteiger partial charge < -0.3 is 5.32 Å². The van der Waals surface area contributed by atoms with Gasteiger partial charge in [-0.05, 0) is 25.7 Å². The molecule has 0 spiro atoms. The van der Waals surface area contributed by atoms with Gasteiger partial charge >= 0.3 is 0 Å². The summed E-state index contributed by atoms with van der Waals surface area (Å²) in [6, 6.07) is 2.31. The molecule has 19 heavy (non-hydrogen) atoms. The van der Waals surface area contributed by atoms with Crippen molar-refractivity contribution < 1.29 is 9.72 Å². The van der Waals surface area contributed by atoms with E-state index in [0.29, 0.717) is 5.92 Å². The third-order valence-corrected chi connectivity index (χ3v) is 3.21. The second-order valence-corrected chi connectivity index (χ2v) is 4.80. The summed E-state index contributed by atoms with van der Waals surface area (Å²) in [5.74, 6) is 0.216. The van der Waals surface area contributed by atoms with Crippen LogP contribution in [-0.4, -0.2) is 21.4 Å². The van der Waals surface area contributed by atoms with Crippen LogP contribution >= 0.6 is 0 Å². The number of carbonyl (C=O) groups is 1. The Morgan fingerprint density at radius 2 is 2.26 bits per heavy atom. The number of carbonyl (C=O) groups excluding carboxylic acids is 1. The molecule has 1 aromatic heterocycles. The maximum atomic E-state index is 11.7. The standard InChI is InChI=1S/C12H15N3O4/c1-8(9-2-3-9)13-11(16)7-14-6-10(15(18)19)4-5-12(14)17/h4-6,8-9H,2-3,7H2,1H3,(H,13,16)/t8-/m1/s1. The zero-order valence-electron chi connectivity index (χ0n) is 10.5. The van der Waals surface area contributed by atoms with Crippen LogP contribution in [0.2, 0.25) is 0 Å². The Balaban J connectivity index is 2.04. The van der Waals surface area contributed by atoms with Crippen molar-refractivity contribution in [3.05, 3.63) is 38.8 Å². The topological polar surface area (TPSA) is 94.2 Å². The first-order valence-corrected chi connectivity index (χ1v) is 6.11. The van der Waals surface area contributed by atoms with Crippen LogP contribution in [0, 0.1) is 16.0 Å². The normalized spacial score (nSPS) is 15.8. The highest BCUT2D eigenvalue weighted by Gasteiger charge is 2.28. The van der Waals surface area contributed by atoms with Gasteiger partial charge in [0.15, 0.2) is 0 Å². The fourth-order valence-corrected chi connectivity index (χ4v) is 1.92. The fraction of sp³-hybridized carbons (Fsp3) is 0.500. The third kappa shape index (κ3) is 3.40. The van der Waals surface area contributed by atoms with Crippen LogP contribution in [0.1, 0.15) is 19.8 Å². The number of amides is 1. The Labute approximate surface area is 109 Å². The molecule has 2 rings (SSSR count). The maximum Gasteiger partial charge on any atom is 0.285 e. The fourth-order valence-electron chi connectivity index (χ4n) is 1.92. The molecule has 1 fully saturated rings. The number of aromatic nitrogens is 1. The Morgan fingerprint density at radius 3 is 2.84 bits per heavy atom. The van der Waals surface area contributed by atoms with Crippen molar-refractivity contribution in [2.45, 2.75) is 32.4 Å². The minimum Gasteiger partial charge on any atom is -0.352 e. The van der Waals surface area contributed by atoms with Gasteiger partial charge in [-0.25, -0.2) is 0 Å². The maximum absolute atomic E-state index is 11.7. The van der Waals surface area contributed by atoms with Crippen molar-refractivity contribution in [3.8, 4) is 0 Å². The summed E-state index contributed by atoms with van der Waals surface area (Å²) in [5, 5.41) is 13.4. The van der Waals surface area contributed by atoms with E-state index in [2.05, 4.69) is 5.32 Å². The molecule has 0 saturated heterocycles. The molecule has 102 valence electrons. The summed E-state index contributed by atoms with van der Waals surface area (Å²) in [6.45, 7) is 1.73. The van der Waals surface area contributed by atoms with E-state index in [1.165, 1.54) is 0 Å². The first-order valence-electron chi connectivity index (χ1n) is 6.11. The van der Waals surface area contributed by atoms with Gasteiger partial charge in [0.1, 0.15) is 6.54 Å². The number of nitrogens with zero attached hydrogens (tertiary/aromatic N) is 2. The number of hydrogen-bond donors (Lipinski definition) is 1. The van der Waals surface area contributed by atoms with Gasteiger partial charge in [0, 0.05) is 18.2 Å². The third-order valence-electron chi connectivity index (χ3n) is 3.21. The number of nitro groups is 1. The van der Waals surface area contributed by atoms with Gasteiger partial charge in [0.2, 0.25) is 5.91 Å². The Hall–Kier alpha value is -2.18. The van der Waals surface area contributed by atoms with E-state index in [-0.39, 0.29) is 24.2 Å². The summed E-state index contributed by atoms with van der Waals surface area (Å²) in [5.41, 5.74) is -0.637. The smallest absolute Gasteiger partial charge is 0.285 e. The van der Waals surface area contributed by atoms with Crippen LogP contribution in [0.25, 0.3) is 0 Å². The monoisotopic (exact) mass is 265 g/mol. The van der Waals surface area contributed by atoms with Crippen molar-refractivity contribution >= 4 is 11.6 Å². The predicted octanol–water partition coefficient (Wildman–Crippen LogP) is 0.671. The molecule has 1 aromatic rings. The van der Waals surface area contributed by atoms with Crippen LogP contribution in [-0.2, 0) is 11.3 Å². The van der Waals surface area contributed by atoms with Gasteiger partial charge in [-0.15, -0.1) is 0 Å². The first-order chi connectivity index (χ1) is 8.97. The van der Waals surface area contributed by atoms with E-state index in [9.17, 15) is 19.7 Å². The van der Waals surface area contributed by atoms with E-state index in [4.69, 9.17) is 0 Å². The molecular weight excluding hydrogens is 250 g/mol. The van der Waals surface area contributed by atoms with Gasteiger partial charge in [-0.3, -0.25) is 24.3 Å². The minimum absolute atomic E-state index is 0.0851. The van der Waals surface area contributed by atoms with E-state index in [1.807, 2.05) is 6.92 Å². The molecule has 1 heterocycles. The van der Waals surface area contributed by atoms with E-state index in [1.54, 1.807) is 0 Å². The van der Waals surface area contributed by atoms with Crippen molar-refractivity contribution in [2.24, 2.45) is 5.92 Å². The molecule has 7 nitrogen and oxygen atoms in total. The molecule has 7 heteroatoms. The van der Waals surface area contributed by atoms with Crippen molar-refractivity contribution in [2.75, 3.05) is 0 Å². The van der Waals surface area contributed by atoms with Gasteiger partial charge in [-0.2, -0.15) is 0 Å². The Kier molecular flexibility index (Phi) is 3.64. The lowest BCUT2D eigenvalue weighted by Crippen LogP contribution is -2.38. The minimum atomic E-state index is -0.597. The molecule has 1 aliphatic rings. The zero-order chi connectivity index (χ0) is 14.0. The van der Waals surface area contributed by atoms with Crippen molar-refractivity contribution in [1.82, 2.24) is 9.88 Å². The number of nitrogens with one attached hydrogen (secondary N) is 1. The molecule has 0 bridgehead atoms. The highest BCUT2D eigenvalue weighted by atomic mass is 16.6. The second kappa shape index (κ2) is 5.21. The Morgan fingerprint density at radius 1 is 1.58 bits per heavy atom.